The van der Waals surface area contributed by atoms with Gasteiger partial charge in [-0.1, -0.05) is 23.8 Å². The Morgan fingerprint density at radius 3 is 2.49 bits per heavy atom. The second kappa shape index (κ2) is 12.7. The van der Waals surface area contributed by atoms with E-state index in [0.717, 1.165) is 30.4 Å². The van der Waals surface area contributed by atoms with Crippen molar-refractivity contribution in [2.45, 2.75) is 30.0 Å². The third-order valence-corrected chi connectivity index (χ3v) is 7.20. The van der Waals surface area contributed by atoms with E-state index in [1.165, 1.54) is 24.3 Å². The van der Waals surface area contributed by atoms with Crippen LogP contribution in [0.25, 0.3) is 22.0 Å². The first-order valence-corrected chi connectivity index (χ1v) is 12.9. The number of hydrogen-bond acceptors (Lipinski definition) is 5. The van der Waals surface area contributed by atoms with E-state index in [1.807, 2.05) is 0 Å². The van der Waals surface area contributed by atoms with Gasteiger partial charge in [0.25, 0.3) is 5.56 Å². The zero-order valence-electron chi connectivity index (χ0n) is 20.0. The Kier molecular flexibility index (Phi) is 9.89. The van der Waals surface area contributed by atoms with Crippen molar-refractivity contribution in [2.24, 2.45) is 0 Å². The van der Waals surface area contributed by atoms with Crippen LogP contribution < -0.4 is 5.56 Å². The highest BCUT2D eigenvalue weighted by atomic mass is 35.5. The minimum Gasteiger partial charge on any atom is -0.507 e. The number of rotatable bonds is 12. The van der Waals surface area contributed by atoms with E-state index in [4.69, 9.17) is 11.6 Å². The van der Waals surface area contributed by atoms with Crippen LogP contribution in [0, 0.1) is 0 Å². The highest BCUT2D eigenvalue weighted by molar-refractivity contribution is 7.99. The third-order valence-electron chi connectivity index (χ3n) is 5.73. The second-order valence-corrected chi connectivity index (χ2v) is 9.99. The van der Waals surface area contributed by atoms with Gasteiger partial charge in [-0.2, -0.15) is 13.2 Å². The molecule has 1 heterocycles. The summed E-state index contributed by atoms with van der Waals surface area (Å²) < 4.78 is 40.5. The number of aromatic hydroxyl groups is 1. The number of halogens is 4. The molecule has 1 unspecified atom stereocenters. The number of aromatic nitrogens is 1. The number of phenolic OH excluding ortho intramolecular Hbond substituents is 1. The number of phenols is 1. The van der Waals surface area contributed by atoms with Crippen molar-refractivity contribution in [3.63, 3.8) is 0 Å². The number of benzene rings is 2. The van der Waals surface area contributed by atoms with Crippen LogP contribution in [0.4, 0.5) is 13.2 Å². The number of nitrogens with zero attached hydrogens (tertiary/aromatic N) is 1. The molecule has 0 aliphatic heterocycles. The zero-order valence-corrected chi connectivity index (χ0v) is 21.6. The smallest absolute Gasteiger partial charge is 0.416 e. The Morgan fingerprint density at radius 2 is 1.84 bits per heavy atom. The molecule has 0 bridgehead atoms. The van der Waals surface area contributed by atoms with Gasteiger partial charge >= 0.3 is 6.18 Å². The van der Waals surface area contributed by atoms with Crippen molar-refractivity contribution in [1.29, 1.82) is 0 Å². The molecule has 5 nitrogen and oxygen atoms in total. The van der Waals surface area contributed by atoms with Gasteiger partial charge in [0, 0.05) is 45.9 Å². The fourth-order valence-electron chi connectivity index (χ4n) is 4.00. The molecule has 37 heavy (non-hydrogen) atoms. The van der Waals surface area contributed by atoms with Gasteiger partial charge in [0.15, 0.2) is 0 Å². The molecule has 0 saturated heterocycles. The predicted octanol–water partition coefficient (Wildman–Crippen LogP) is 6.48. The Labute approximate surface area is 222 Å². The monoisotopic (exact) mass is 552 g/mol. The van der Waals surface area contributed by atoms with E-state index in [9.17, 15) is 28.2 Å². The quantitative estimate of drug-likeness (QED) is 0.177. The molecular formula is C27H28ClF3N2O3S. The molecule has 0 amide bonds. The maximum atomic E-state index is 13.5. The van der Waals surface area contributed by atoms with Crippen LogP contribution in [0.5, 0.6) is 5.75 Å². The number of pyridine rings is 1. The highest BCUT2D eigenvalue weighted by Crippen LogP contribution is 2.42. The number of hydrogen-bond donors (Lipinski definition) is 3. The minimum atomic E-state index is -4.60. The van der Waals surface area contributed by atoms with Crippen LogP contribution >= 0.6 is 23.4 Å². The molecule has 3 N–H and O–H groups in total. The van der Waals surface area contributed by atoms with Gasteiger partial charge in [-0.15, -0.1) is 24.9 Å². The number of aromatic amines is 1. The summed E-state index contributed by atoms with van der Waals surface area (Å²) in [6.07, 6.45) is -0.644. The number of nitrogens with one attached hydrogen (secondary N) is 1. The fraction of sp³-hybridized carbons (Fsp3) is 0.296. The summed E-state index contributed by atoms with van der Waals surface area (Å²) in [7, 11) is 0. The van der Waals surface area contributed by atoms with Gasteiger partial charge < -0.3 is 15.2 Å². The molecule has 1 atom stereocenters. The highest BCUT2D eigenvalue weighted by Gasteiger charge is 2.31. The summed E-state index contributed by atoms with van der Waals surface area (Å²) in [6.45, 7) is 9.57. The number of fused-ring (bicyclic) bond motifs is 1. The third kappa shape index (κ3) is 7.41. The molecule has 0 aliphatic rings. The molecule has 0 radical (unpaired) electrons. The number of H-pyrrole nitrogens is 1. The summed E-state index contributed by atoms with van der Waals surface area (Å²) in [5.74, 6) is -0.106. The molecule has 0 spiro atoms. The normalized spacial score (nSPS) is 12.7. The molecule has 0 aliphatic carbocycles. The summed E-state index contributed by atoms with van der Waals surface area (Å²) >= 11 is 7.15. The predicted molar refractivity (Wildman–Crippen MR) is 144 cm³/mol. The first kappa shape index (κ1) is 28.8. The lowest BCUT2D eigenvalue weighted by Crippen LogP contribution is -2.26. The van der Waals surface area contributed by atoms with E-state index in [-0.39, 0.29) is 43.5 Å². The molecule has 0 fully saturated rings. The van der Waals surface area contributed by atoms with Crippen molar-refractivity contribution in [3.8, 4) is 16.9 Å². The second-order valence-electron chi connectivity index (χ2n) is 8.52. The van der Waals surface area contributed by atoms with E-state index in [0.29, 0.717) is 25.9 Å². The van der Waals surface area contributed by atoms with E-state index in [2.05, 4.69) is 23.0 Å². The van der Waals surface area contributed by atoms with Crippen molar-refractivity contribution in [1.82, 2.24) is 9.88 Å². The van der Waals surface area contributed by atoms with Crippen LogP contribution in [-0.2, 0) is 6.18 Å². The molecule has 10 heteroatoms. The van der Waals surface area contributed by atoms with Crippen LogP contribution in [0.1, 0.15) is 18.4 Å². The Bertz CT molecular complexity index is 1320. The van der Waals surface area contributed by atoms with E-state index in [1.54, 1.807) is 12.2 Å². The van der Waals surface area contributed by atoms with Gasteiger partial charge in [0.1, 0.15) is 5.75 Å². The van der Waals surface area contributed by atoms with Crippen LogP contribution in [-0.4, -0.2) is 51.6 Å². The average molecular weight is 553 g/mol. The molecule has 198 valence electrons. The maximum Gasteiger partial charge on any atom is 0.416 e. The molecule has 0 saturated carbocycles. The van der Waals surface area contributed by atoms with Crippen molar-refractivity contribution >= 4 is 34.3 Å². The van der Waals surface area contributed by atoms with Gasteiger partial charge in [0.05, 0.1) is 16.6 Å². The summed E-state index contributed by atoms with van der Waals surface area (Å²) in [5.41, 5.74) is -0.993. The zero-order chi connectivity index (χ0) is 27.2. The number of aliphatic hydroxyl groups is 1. The number of aliphatic hydroxyl groups excluding tert-OH is 1. The Morgan fingerprint density at radius 1 is 1.14 bits per heavy atom. The van der Waals surface area contributed by atoms with Crippen molar-refractivity contribution < 1.29 is 23.4 Å². The van der Waals surface area contributed by atoms with Gasteiger partial charge in [-0.25, -0.2) is 0 Å². The molecule has 1 aromatic heterocycles. The van der Waals surface area contributed by atoms with Crippen LogP contribution in [0.3, 0.4) is 0 Å². The van der Waals surface area contributed by atoms with Crippen LogP contribution in [0.15, 0.2) is 71.4 Å². The summed E-state index contributed by atoms with van der Waals surface area (Å²) in [4.78, 5) is 17.9. The van der Waals surface area contributed by atoms with Crippen molar-refractivity contribution in [3.05, 3.63) is 82.6 Å². The van der Waals surface area contributed by atoms with E-state index < -0.39 is 23.4 Å². The standard InChI is InChI=1S/C27H28ClF3N2O3S/c1-3-11-33(12-4-2)13-5-6-19(34)16-37-25-24(21-15-18(28)8-10-23(21)35)20-14-17(27(29,30)31)7-9-22(20)32-26(25)36/h3-4,7-10,14-15,19,34-35H,1-2,5-6,11-13,16H2,(H,32,36). The van der Waals surface area contributed by atoms with Crippen LogP contribution in [0.2, 0.25) is 5.02 Å². The lowest BCUT2D eigenvalue weighted by atomic mass is 9.98. The first-order chi connectivity index (χ1) is 17.5. The topological polar surface area (TPSA) is 76.6 Å². The van der Waals surface area contributed by atoms with Crippen molar-refractivity contribution in [2.75, 3.05) is 25.4 Å². The summed E-state index contributed by atoms with van der Waals surface area (Å²) in [5, 5.41) is 21.5. The maximum absolute atomic E-state index is 13.5. The molecule has 2 aromatic carbocycles. The molecule has 3 aromatic rings. The number of thioether (sulfide) groups is 1. The number of alkyl halides is 3. The van der Waals surface area contributed by atoms with Gasteiger partial charge in [-0.05, 0) is 55.8 Å². The summed E-state index contributed by atoms with van der Waals surface area (Å²) in [6, 6.07) is 7.18. The molecule has 3 rings (SSSR count). The average Bonchev–Trinajstić information content (AvgIpc) is 2.83. The Hall–Kier alpha value is -2.72. The van der Waals surface area contributed by atoms with Gasteiger partial charge in [-0.3, -0.25) is 9.69 Å². The fourth-order valence-corrected chi connectivity index (χ4v) is 5.24. The largest absolute Gasteiger partial charge is 0.507 e. The Balaban J connectivity index is 1.96. The van der Waals surface area contributed by atoms with E-state index >= 15 is 0 Å². The minimum absolute atomic E-state index is 0.0865. The first-order valence-electron chi connectivity index (χ1n) is 11.6. The SMILES string of the molecule is C=CCN(CC=C)CCCC(O)CSc1c(-c2cc(Cl)ccc2O)c2cc(C(F)(F)F)ccc2[nH]c1=O. The lowest BCUT2D eigenvalue weighted by Gasteiger charge is -2.20. The van der Waals surface area contributed by atoms with Gasteiger partial charge in [0.2, 0.25) is 0 Å². The lowest BCUT2D eigenvalue weighted by molar-refractivity contribution is -0.137. The molecular weight excluding hydrogens is 525 g/mol.